The zero-order valence-corrected chi connectivity index (χ0v) is 12.1. The number of nitrogens with one attached hydrogen (secondary N) is 1. The summed E-state index contributed by atoms with van der Waals surface area (Å²) in [5, 5.41) is 21.7. The molecule has 0 aromatic heterocycles. The molecule has 3 N–H and O–H groups in total. The van der Waals surface area contributed by atoms with E-state index in [0.29, 0.717) is 11.8 Å². The number of hydrogen-bond donors (Lipinski definition) is 3. The minimum absolute atomic E-state index is 0.0926. The third kappa shape index (κ3) is 3.93. The van der Waals surface area contributed by atoms with E-state index in [4.69, 9.17) is 5.11 Å². The zero-order valence-electron chi connectivity index (χ0n) is 10.4. The highest BCUT2D eigenvalue weighted by Crippen LogP contribution is 2.23. The summed E-state index contributed by atoms with van der Waals surface area (Å²) in [5.41, 5.74) is 0. The molecule has 6 nitrogen and oxygen atoms in total. The van der Waals surface area contributed by atoms with E-state index in [-0.39, 0.29) is 19.0 Å². The number of aliphatic hydroxyl groups excluding tert-OH is 1. The molecule has 0 bridgehead atoms. The summed E-state index contributed by atoms with van der Waals surface area (Å²) in [7, 11) is 0. The van der Waals surface area contributed by atoms with Crippen molar-refractivity contribution >= 4 is 35.5 Å². The lowest BCUT2D eigenvalue weighted by molar-refractivity contribution is -0.141. The number of carbonyl (C=O) groups is 2. The highest BCUT2D eigenvalue weighted by Gasteiger charge is 2.39. The molecule has 0 saturated carbocycles. The van der Waals surface area contributed by atoms with Crippen molar-refractivity contribution in [3.8, 4) is 0 Å². The second-order valence-electron chi connectivity index (χ2n) is 4.65. The van der Waals surface area contributed by atoms with Gasteiger partial charge in [0.15, 0.2) is 0 Å². The van der Waals surface area contributed by atoms with Gasteiger partial charge in [0, 0.05) is 42.0 Å². The van der Waals surface area contributed by atoms with E-state index >= 15 is 0 Å². The summed E-state index contributed by atoms with van der Waals surface area (Å²) in [4.78, 5) is 24.2. The molecular weight excluding hydrogens is 288 g/mol. The van der Waals surface area contributed by atoms with E-state index in [1.807, 2.05) is 23.5 Å². The van der Waals surface area contributed by atoms with Crippen LogP contribution in [0.5, 0.6) is 0 Å². The van der Waals surface area contributed by atoms with Gasteiger partial charge in [-0.05, 0) is 0 Å². The van der Waals surface area contributed by atoms with E-state index in [2.05, 4.69) is 5.32 Å². The molecule has 0 aliphatic carbocycles. The Balaban J connectivity index is 1.82. The molecule has 0 aromatic carbocycles. The molecule has 2 aliphatic heterocycles. The van der Waals surface area contributed by atoms with Gasteiger partial charge in [-0.15, -0.1) is 0 Å². The quantitative estimate of drug-likeness (QED) is 0.683. The first-order valence-corrected chi connectivity index (χ1v) is 8.43. The summed E-state index contributed by atoms with van der Waals surface area (Å²) in [6.45, 7) is 0.644. The maximum atomic E-state index is 12.0. The van der Waals surface area contributed by atoms with Crippen LogP contribution in [0.25, 0.3) is 0 Å². The number of carboxylic acid groups (broad SMARTS) is 1. The van der Waals surface area contributed by atoms with Gasteiger partial charge in [0.25, 0.3) is 0 Å². The summed E-state index contributed by atoms with van der Waals surface area (Å²) in [6, 6.07) is -1.30. The highest BCUT2D eigenvalue weighted by molar-refractivity contribution is 8.06. The molecule has 0 spiro atoms. The van der Waals surface area contributed by atoms with E-state index < -0.39 is 18.1 Å². The first-order chi connectivity index (χ1) is 9.08. The van der Waals surface area contributed by atoms with E-state index in [0.717, 1.165) is 17.3 Å². The predicted molar refractivity (Wildman–Crippen MR) is 75.7 cm³/mol. The Morgan fingerprint density at radius 3 is 2.79 bits per heavy atom. The van der Waals surface area contributed by atoms with Crippen LogP contribution in [0.3, 0.4) is 0 Å². The number of amides is 2. The molecule has 1 unspecified atom stereocenters. The fourth-order valence-corrected chi connectivity index (χ4v) is 4.84. The number of carbonyl (C=O) groups excluding carboxylic acids is 1. The summed E-state index contributed by atoms with van der Waals surface area (Å²) < 4.78 is 0. The predicted octanol–water partition coefficient (Wildman–Crippen LogP) is 0.0644. The first-order valence-electron chi connectivity index (χ1n) is 6.22. The Kier molecular flexibility index (Phi) is 5.23. The lowest BCUT2D eigenvalue weighted by Crippen LogP contribution is -2.48. The molecule has 3 atom stereocenters. The van der Waals surface area contributed by atoms with E-state index in [1.54, 1.807) is 0 Å². The number of likely N-dealkylation sites (tertiary alicyclic amines) is 1. The SMILES string of the molecule is O=C(O)[C@@H]1C[C@H](O)CN1C(=O)NCC1CSCCS1. The number of nitrogens with zero attached hydrogens (tertiary/aromatic N) is 1. The van der Waals surface area contributed by atoms with Crippen LogP contribution < -0.4 is 5.32 Å². The van der Waals surface area contributed by atoms with Crippen molar-refractivity contribution < 1.29 is 19.8 Å². The maximum Gasteiger partial charge on any atom is 0.326 e. The Morgan fingerprint density at radius 2 is 2.16 bits per heavy atom. The molecule has 108 valence electrons. The van der Waals surface area contributed by atoms with Crippen LogP contribution in [0.4, 0.5) is 4.79 Å². The standard InChI is InChI=1S/C11H18N2O4S2/c14-7-3-9(10(15)16)13(5-7)11(17)12-4-8-6-18-1-2-19-8/h7-9,14H,1-6H2,(H,12,17)(H,15,16)/t7-,8?,9-/m0/s1. The second kappa shape index (κ2) is 6.71. The lowest BCUT2D eigenvalue weighted by atomic mass is 10.2. The normalized spacial score (nSPS) is 31.2. The molecule has 2 aliphatic rings. The van der Waals surface area contributed by atoms with Crippen molar-refractivity contribution in [2.75, 3.05) is 30.3 Å². The molecule has 19 heavy (non-hydrogen) atoms. The van der Waals surface area contributed by atoms with E-state index in [1.165, 1.54) is 4.90 Å². The van der Waals surface area contributed by atoms with Crippen LogP contribution >= 0.6 is 23.5 Å². The van der Waals surface area contributed by atoms with Gasteiger partial charge >= 0.3 is 12.0 Å². The average Bonchev–Trinajstić information content (AvgIpc) is 2.79. The van der Waals surface area contributed by atoms with Crippen molar-refractivity contribution in [1.82, 2.24) is 10.2 Å². The Morgan fingerprint density at radius 1 is 1.37 bits per heavy atom. The van der Waals surface area contributed by atoms with E-state index in [9.17, 15) is 14.7 Å². The van der Waals surface area contributed by atoms with Gasteiger partial charge < -0.3 is 20.4 Å². The van der Waals surface area contributed by atoms with Crippen molar-refractivity contribution in [2.24, 2.45) is 0 Å². The van der Waals surface area contributed by atoms with Crippen LogP contribution in [0.15, 0.2) is 0 Å². The number of β-amino-alcohol motifs (C(OH)–C–C–N with tert-alkyl or cyclic N) is 1. The van der Waals surface area contributed by atoms with Gasteiger partial charge in [0.1, 0.15) is 6.04 Å². The number of carboxylic acids is 1. The molecule has 0 aromatic rings. The lowest BCUT2D eigenvalue weighted by Gasteiger charge is -2.25. The number of urea groups is 1. The Bertz CT molecular complexity index is 350. The fourth-order valence-electron chi connectivity index (χ4n) is 2.23. The van der Waals surface area contributed by atoms with Crippen LogP contribution in [0.1, 0.15) is 6.42 Å². The smallest absolute Gasteiger partial charge is 0.326 e. The van der Waals surface area contributed by atoms with Gasteiger partial charge in [-0.25, -0.2) is 9.59 Å². The maximum absolute atomic E-state index is 12.0. The number of thioether (sulfide) groups is 2. The molecule has 2 saturated heterocycles. The van der Waals surface area contributed by atoms with Crippen molar-refractivity contribution in [2.45, 2.75) is 23.8 Å². The monoisotopic (exact) mass is 306 g/mol. The van der Waals surface area contributed by atoms with Gasteiger partial charge in [-0.3, -0.25) is 0 Å². The third-order valence-corrected chi connectivity index (χ3v) is 6.04. The molecule has 8 heteroatoms. The Hall–Kier alpha value is -0.600. The molecule has 0 radical (unpaired) electrons. The average molecular weight is 306 g/mol. The fraction of sp³-hybridized carbons (Fsp3) is 0.818. The number of hydrogen-bond acceptors (Lipinski definition) is 5. The van der Waals surface area contributed by atoms with Crippen molar-refractivity contribution in [3.63, 3.8) is 0 Å². The molecule has 2 amide bonds. The number of rotatable bonds is 3. The van der Waals surface area contributed by atoms with Crippen LogP contribution in [-0.2, 0) is 4.79 Å². The Labute approximate surface area is 120 Å². The number of aliphatic hydroxyl groups is 1. The van der Waals surface area contributed by atoms with Gasteiger partial charge in [-0.2, -0.15) is 23.5 Å². The largest absolute Gasteiger partial charge is 0.480 e. The van der Waals surface area contributed by atoms with Crippen molar-refractivity contribution in [1.29, 1.82) is 0 Å². The molecular formula is C11H18N2O4S2. The summed E-state index contributed by atoms with van der Waals surface area (Å²) in [6.07, 6.45) is -0.636. The van der Waals surface area contributed by atoms with Gasteiger partial charge in [0.2, 0.25) is 0 Å². The van der Waals surface area contributed by atoms with Crippen LogP contribution in [0.2, 0.25) is 0 Å². The zero-order chi connectivity index (χ0) is 13.8. The molecule has 2 fully saturated rings. The third-order valence-electron chi connectivity index (χ3n) is 3.19. The first kappa shape index (κ1) is 14.8. The van der Waals surface area contributed by atoms with Gasteiger partial charge in [0.05, 0.1) is 6.10 Å². The summed E-state index contributed by atoms with van der Waals surface area (Å²) >= 11 is 3.71. The van der Waals surface area contributed by atoms with Gasteiger partial charge in [-0.1, -0.05) is 0 Å². The minimum atomic E-state index is -1.06. The minimum Gasteiger partial charge on any atom is -0.480 e. The van der Waals surface area contributed by atoms with Crippen molar-refractivity contribution in [3.05, 3.63) is 0 Å². The van der Waals surface area contributed by atoms with Crippen LogP contribution in [0, 0.1) is 0 Å². The summed E-state index contributed by atoms with van der Waals surface area (Å²) in [5.74, 6) is 2.19. The van der Waals surface area contributed by atoms with Crippen LogP contribution in [-0.4, -0.2) is 74.9 Å². The topological polar surface area (TPSA) is 89.9 Å². The molecule has 2 rings (SSSR count). The second-order valence-corrected chi connectivity index (χ2v) is 7.21. The highest BCUT2D eigenvalue weighted by atomic mass is 32.2. The molecule has 2 heterocycles. The number of aliphatic carboxylic acids is 1.